The van der Waals surface area contributed by atoms with Crippen LogP contribution in [0, 0.1) is 5.41 Å². The standard InChI is InChI=1S/C23H23NO4/c25-21(26)23-11-5-10-20(23)24(13-12-23)22(27)28-14-19-17-8-3-1-6-15(17)16-7-2-4-9-18(16)19/h1-4,6-9,19-20H,5,10-14H2,(H,25,26). The van der Waals surface area contributed by atoms with E-state index in [1.807, 2.05) is 24.3 Å². The van der Waals surface area contributed by atoms with Gasteiger partial charge in [0.15, 0.2) is 0 Å². The van der Waals surface area contributed by atoms with Crippen molar-refractivity contribution in [2.45, 2.75) is 37.6 Å². The number of carbonyl (C=O) groups is 2. The van der Waals surface area contributed by atoms with Crippen molar-refractivity contribution in [3.05, 3.63) is 59.7 Å². The van der Waals surface area contributed by atoms with Crippen LogP contribution in [0.1, 0.15) is 42.7 Å². The largest absolute Gasteiger partial charge is 0.481 e. The second-order valence-electron chi connectivity index (χ2n) is 8.12. The van der Waals surface area contributed by atoms with E-state index in [4.69, 9.17) is 4.74 Å². The molecule has 1 aliphatic heterocycles. The van der Waals surface area contributed by atoms with E-state index in [1.54, 1.807) is 4.90 Å². The highest BCUT2D eigenvalue weighted by Gasteiger charge is 2.57. The number of hydrogen-bond donors (Lipinski definition) is 1. The van der Waals surface area contributed by atoms with Gasteiger partial charge in [0.05, 0.1) is 11.5 Å². The van der Waals surface area contributed by atoms with Crippen LogP contribution in [0.5, 0.6) is 0 Å². The topological polar surface area (TPSA) is 66.8 Å². The van der Waals surface area contributed by atoms with E-state index in [2.05, 4.69) is 24.3 Å². The molecule has 2 aliphatic carbocycles. The molecule has 1 heterocycles. The lowest BCUT2D eigenvalue weighted by Gasteiger charge is -2.28. The van der Waals surface area contributed by atoms with Crippen LogP contribution in [0.25, 0.3) is 11.1 Å². The van der Waals surface area contributed by atoms with Crippen molar-refractivity contribution in [2.24, 2.45) is 5.41 Å². The lowest BCUT2D eigenvalue weighted by molar-refractivity contribution is -0.149. The van der Waals surface area contributed by atoms with Gasteiger partial charge in [-0.25, -0.2) is 4.79 Å². The Hall–Kier alpha value is -2.82. The highest BCUT2D eigenvalue weighted by molar-refractivity contribution is 5.80. The van der Waals surface area contributed by atoms with Crippen molar-refractivity contribution >= 4 is 12.1 Å². The van der Waals surface area contributed by atoms with Gasteiger partial charge in [-0.3, -0.25) is 4.79 Å². The molecule has 144 valence electrons. The normalized spacial score (nSPS) is 25.3. The van der Waals surface area contributed by atoms with E-state index in [0.717, 1.165) is 12.8 Å². The number of ether oxygens (including phenoxy) is 1. The summed E-state index contributed by atoms with van der Waals surface area (Å²) < 4.78 is 5.75. The minimum absolute atomic E-state index is 0.0202. The number of rotatable bonds is 3. The maximum atomic E-state index is 12.8. The molecule has 2 unspecified atom stereocenters. The fourth-order valence-electron chi connectivity index (χ4n) is 5.53. The van der Waals surface area contributed by atoms with Gasteiger partial charge in [0.25, 0.3) is 0 Å². The highest BCUT2D eigenvalue weighted by atomic mass is 16.6. The third kappa shape index (κ3) is 2.38. The third-order valence-electron chi connectivity index (χ3n) is 6.91. The molecule has 5 heteroatoms. The first-order chi connectivity index (χ1) is 13.6. The summed E-state index contributed by atoms with van der Waals surface area (Å²) in [5, 5.41) is 9.72. The number of benzene rings is 2. The molecule has 0 spiro atoms. The first-order valence-corrected chi connectivity index (χ1v) is 9.97. The number of carboxylic acid groups (broad SMARTS) is 1. The van der Waals surface area contributed by atoms with E-state index in [9.17, 15) is 14.7 Å². The van der Waals surface area contributed by atoms with Gasteiger partial charge in [0, 0.05) is 12.5 Å². The van der Waals surface area contributed by atoms with Gasteiger partial charge >= 0.3 is 12.1 Å². The average molecular weight is 377 g/mol. The summed E-state index contributed by atoms with van der Waals surface area (Å²) in [5.41, 5.74) is 3.98. The summed E-state index contributed by atoms with van der Waals surface area (Å²) in [6.45, 7) is 0.740. The van der Waals surface area contributed by atoms with E-state index < -0.39 is 11.4 Å². The maximum absolute atomic E-state index is 12.8. The number of carboxylic acids is 1. The van der Waals surface area contributed by atoms with E-state index in [1.165, 1.54) is 22.3 Å². The Kier molecular flexibility index (Phi) is 3.93. The van der Waals surface area contributed by atoms with Crippen LogP contribution in [0.4, 0.5) is 4.79 Å². The van der Waals surface area contributed by atoms with Crippen molar-refractivity contribution in [1.82, 2.24) is 4.90 Å². The Labute approximate surface area is 163 Å². The summed E-state index contributed by atoms with van der Waals surface area (Å²) >= 11 is 0. The molecule has 28 heavy (non-hydrogen) atoms. The van der Waals surface area contributed by atoms with E-state index in [-0.39, 0.29) is 24.7 Å². The molecule has 2 aromatic rings. The molecule has 1 amide bonds. The van der Waals surface area contributed by atoms with Gasteiger partial charge in [-0.05, 0) is 41.5 Å². The highest BCUT2D eigenvalue weighted by Crippen LogP contribution is 2.49. The van der Waals surface area contributed by atoms with E-state index in [0.29, 0.717) is 19.4 Å². The van der Waals surface area contributed by atoms with Crippen molar-refractivity contribution in [1.29, 1.82) is 0 Å². The van der Waals surface area contributed by atoms with Crippen LogP contribution < -0.4 is 0 Å². The molecule has 2 fully saturated rings. The minimum atomic E-state index is -0.774. The Balaban J connectivity index is 1.35. The lowest BCUT2D eigenvalue weighted by Crippen LogP contribution is -2.43. The summed E-state index contributed by atoms with van der Waals surface area (Å²) in [6, 6.07) is 16.2. The predicted molar refractivity (Wildman–Crippen MR) is 104 cm³/mol. The molecule has 2 aromatic carbocycles. The lowest BCUT2D eigenvalue weighted by atomic mass is 9.82. The van der Waals surface area contributed by atoms with Gasteiger partial charge in [-0.1, -0.05) is 55.0 Å². The molecule has 0 bridgehead atoms. The Morgan fingerprint density at radius 1 is 1.04 bits per heavy atom. The fraction of sp³-hybridized carbons (Fsp3) is 0.391. The van der Waals surface area contributed by atoms with Crippen LogP contribution in [0.3, 0.4) is 0 Å². The van der Waals surface area contributed by atoms with Crippen LogP contribution in [-0.2, 0) is 9.53 Å². The van der Waals surface area contributed by atoms with Crippen LogP contribution in [0.2, 0.25) is 0 Å². The van der Waals surface area contributed by atoms with E-state index >= 15 is 0 Å². The van der Waals surface area contributed by atoms with Crippen molar-refractivity contribution in [2.75, 3.05) is 13.2 Å². The van der Waals surface area contributed by atoms with Crippen LogP contribution >= 0.6 is 0 Å². The smallest absolute Gasteiger partial charge is 0.410 e. The first kappa shape index (κ1) is 17.3. The molecule has 3 aliphatic rings. The number of likely N-dealkylation sites (tertiary alicyclic amines) is 1. The summed E-state index contributed by atoms with van der Waals surface area (Å²) in [5.74, 6) is -0.754. The van der Waals surface area contributed by atoms with Gasteiger partial charge in [0.2, 0.25) is 0 Å². The summed E-state index contributed by atoms with van der Waals surface area (Å²) in [7, 11) is 0. The molecule has 1 N–H and O–H groups in total. The molecule has 2 atom stereocenters. The summed E-state index contributed by atoms with van der Waals surface area (Å²) in [4.78, 5) is 26.3. The van der Waals surface area contributed by atoms with Crippen LogP contribution in [-0.4, -0.2) is 41.3 Å². The van der Waals surface area contributed by atoms with Crippen molar-refractivity contribution in [3.8, 4) is 11.1 Å². The zero-order valence-corrected chi connectivity index (χ0v) is 15.6. The third-order valence-corrected chi connectivity index (χ3v) is 6.91. The quantitative estimate of drug-likeness (QED) is 0.868. The molecule has 1 saturated heterocycles. The maximum Gasteiger partial charge on any atom is 0.410 e. The molecule has 0 aromatic heterocycles. The monoisotopic (exact) mass is 377 g/mol. The van der Waals surface area contributed by atoms with Crippen molar-refractivity contribution < 1.29 is 19.4 Å². The molecule has 5 nitrogen and oxygen atoms in total. The zero-order valence-electron chi connectivity index (χ0n) is 15.6. The van der Waals surface area contributed by atoms with Gasteiger partial charge < -0.3 is 14.7 Å². The number of fused-ring (bicyclic) bond motifs is 4. The van der Waals surface area contributed by atoms with Crippen LogP contribution in [0.15, 0.2) is 48.5 Å². The number of hydrogen-bond acceptors (Lipinski definition) is 3. The second-order valence-corrected chi connectivity index (χ2v) is 8.12. The predicted octanol–water partition coefficient (Wildman–Crippen LogP) is 4.26. The molecular formula is C23H23NO4. The first-order valence-electron chi connectivity index (χ1n) is 9.97. The molecule has 0 radical (unpaired) electrons. The Morgan fingerprint density at radius 2 is 1.68 bits per heavy atom. The Morgan fingerprint density at radius 3 is 2.32 bits per heavy atom. The molecule has 1 saturated carbocycles. The SMILES string of the molecule is O=C(OCC1c2ccccc2-c2ccccc21)N1CCC2(C(=O)O)CCCC12. The average Bonchev–Trinajstić information content (AvgIpc) is 3.37. The number of amides is 1. The molecule has 5 rings (SSSR count). The summed E-state index contributed by atoms with van der Waals surface area (Å²) in [6.07, 6.45) is 2.40. The zero-order chi connectivity index (χ0) is 19.3. The minimum Gasteiger partial charge on any atom is -0.481 e. The molecular weight excluding hydrogens is 354 g/mol. The second kappa shape index (κ2) is 6.36. The number of aliphatic carboxylic acids is 1. The number of carbonyl (C=O) groups excluding carboxylic acids is 1. The number of nitrogens with zero attached hydrogens (tertiary/aromatic N) is 1. The van der Waals surface area contributed by atoms with Gasteiger partial charge in [-0.15, -0.1) is 0 Å². The van der Waals surface area contributed by atoms with Gasteiger partial charge in [0.1, 0.15) is 6.61 Å². The van der Waals surface area contributed by atoms with Crippen molar-refractivity contribution in [3.63, 3.8) is 0 Å². The fourth-order valence-corrected chi connectivity index (χ4v) is 5.53. The van der Waals surface area contributed by atoms with Gasteiger partial charge in [-0.2, -0.15) is 0 Å². The Bertz CT molecular complexity index is 910.